The number of hydrogen-bond donors (Lipinski definition) is 1. The Kier molecular flexibility index (Phi) is 7.36. The van der Waals surface area contributed by atoms with Gasteiger partial charge in [0.15, 0.2) is 18.1 Å². The predicted molar refractivity (Wildman–Crippen MR) is 107 cm³/mol. The zero-order valence-corrected chi connectivity index (χ0v) is 17.7. The van der Waals surface area contributed by atoms with E-state index in [1.165, 1.54) is 0 Å². The van der Waals surface area contributed by atoms with Gasteiger partial charge in [-0.05, 0) is 49.2 Å². The van der Waals surface area contributed by atoms with Gasteiger partial charge in [-0.1, -0.05) is 15.9 Å². The van der Waals surface area contributed by atoms with E-state index in [9.17, 15) is 4.79 Å². The van der Waals surface area contributed by atoms with Crippen molar-refractivity contribution in [2.45, 2.75) is 20.4 Å². The van der Waals surface area contributed by atoms with Crippen LogP contribution in [-0.2, 0) is 11.3 Å². The summed E-state index contributed by atoms with van der Waals surface area (Å²) in [6, 6.07) is 7.37. The molecule has 7 heteroatoms. The van der Waals surface area contributed by atoms with Gasteiger partial charge in [0.2, 0.25) is 5.75 Å². The van der Waals surface area contributed by atoms with E-state index >= 15 is 0 Å². The lowest BCUT2D eigenvalue weighted by Crippen LogP contribution is -2.28. The molecule has 1 N–H and O–H groups in total. The second kappa shape index (κ2) is 9.50. The second-order valence-corrected chi connectivity index (χ2v) is 6.72. The van der Waals surface area contributed by atoms with Gasteiger partial charge in [-0.2, -0.15) is 0 Å². The van der Waals surface area contributed by atoms with Gasteiger partial charge in [-0.25, -0.2) is 0 Å². The van der Waals surface area contributed by atoms with E-state index in [1.807, 2.05) is 32.0 Å². The van der Waals surface area contributed by atoms with Crippen molar-refractivity contribution in [1.82, 2.24) is 5.32 Å². The molecule has 0 aliphatic heterocycles. The van der Waals surface area contributed by atoms with Gasteiger partial charge in [0.25, 0.3) is 5.91 Å². The Morgan fingerprint density at radius 3 is 2.19 bits per heavy atom. The zero-order chi connectivity index (χ0) is 20.0. The number of nitrogens with one attached hydrogen (secondary N) is 1. The number of halogens is 1. The first kappa shape index (κ1) is 20.9. The highest BCUT2D eigenvalue weighted by molar-refractivity contribution is 9.10. The number of amides is 1. The van der Waals surface area contributed by atoms with Crippen molar-refractivity contribution >= 4 is 21.8 Å². The smallest absolute Gasteiger partial charge is 0.258 e. The molecule has 0 bridgehead atoms. The number of hydrogen-bond acceptors (Lipinski definition) is 5. The summed E-state index contributed by atoms with van der Waals surface area (Å²) in [5.74, 6) is 2.01. The van der Waals surface area contributed by atoms with Crippen molar-refractivity contribution < 1.29 is 23.7 Å². The van der Waals surface area contributed by atoms with Crippen molar-refractivity contribution in [3.8, 4) is 23.0 Å². The summed E-state index contributed by atoms with van der Waals surface area (Å²) in [4.78, 5) is 12.2. The molecule has 0 fully saturated rings. The molecule has 1 amide bonds. The summed E-state index contributed by atoms with van der Waals surface area (Å²) < 4.78 is 22.7. The largest absolute Gasteiger partial charge is 0.493 e. The van der Waals surface area contributed by atoms with Gasteiger partial charge < -0.3 is 24.3 Å². The molecule has 0 atom stereocenters. The molecule has 0 aromatic heterocycles. The molecule has 0 unspecified atom stereocenters. The van der Waals surface area contributed by atoms with Crippen molar-refractivity contribution in [3.63, 3.8) is 0 Å². The Bertz CT molecular complexity index is 799. The van der Waals surface area contributed by atoms with E-state index < -0.39 is 0 Å². The van der Waals surface area contributed by atoms with E-state index in [-0.39, 0.29) is 19.1 Å². The topological polar surface area (TPSA) is 66.0 Å². The summed E-state index contributed by atoms with van der Waals surface area (Å²) >= 11 is 3.51. The Hall–Kier alpha value is -2.41. The number of ether oxygens (including phenoxy) is 4. The van der Waals surface area contributed by atoms with E-state index in [0.717, 1.165) is 21.2 Å². The molecule has 0 spiro atoms. The van der Waals surface area contributed by atoms with Crippen LogP contribution in [0.15, 0.2) is 28.7 Å². The number of benzene rings is 2. The molecule has 27 heavy (non-hydrogen) atoms. The van der Waals surface area contributed by atoms with E-state index in [1.54, 1.807) is 27.4 Å². The van der Waals surface area contributed by atoms with Crippen LogP contribution in [0.1, 0.15) is 16.7 Å². The lowest BCUT2D eigenvalue weighted by molar-refractivity contribution is -0.123. The maximum atomic E-state index is 12.2. The Labute approximate surface area is 167 Å². The molecular formula is C20H24BrNO5. The third-order valence-electron chi connectivity index (χ3n) is 4.04. The maximum Gasteiger partial charge on any atom is 0.258 e. The Morgan fingerprint density at radius 2 is 1.63 bits per heavy atom. The monoisotopic (exact) mass is 437 g/mol. The maximum absolute atomic E-state index is 12.2. The summed E-state index contributed by atoms with van der Waals surface area (Å²) in [6.45, 7) is 4.17. The van der Waals surface area contributed by atoms with Crippen molar-refractivity contribution in [2.75, 3.05) is 27.9 Å². The van der Waals surface area contributed by atoms with Crippen LogP contribution >= 0.6 is 15.9 Å². The number of carbonyl (C=O) groups excluding carboxylic acids is 1. The van der Waals surface area contributed by atoms with Gasteiger partial charge in [0, 0.05) is 16.6 Å². The SMILES string of the molecule is COc1ccc(CNC(=O)COc2cc(C)c(Br)c(C)c2)c(OC)c1OC. The standard InChI is InChI=1S/C20H24BrNO5/c1-12-8-15(9-13(2)18(12)21)27-11-17(23)22-10-14-6-7-16(24-3)20(26-5)19(14)25-4/h6-9H,10-11H2,1-5H3,(H,22,23). The number of rotatable bonds is 8. The molecule has 0 aliphatic rings. The molecule has 0 heterocycles. The lowest BCUT2D eigenvalue weighted by Gasteiger charge is -2.16. The Morgan fingerprint density at radius 1 is 1.00 bits per heavy atom. The van der Waals surface area contributed by atoms with Crippen LogP contribution in [0.2, 0.25) is 0 Å². The van der Waals surface area contributed by atoms with Gasteiger partial charge in [-0.3, -0.25) is 4.79 Å². The third-order valence-corrected chi connectivity index (χ3v) is 5.29. The minimum absolute atomic E-state index is 0.0733. The summed E-state index contributed by atoms with van der Waals surface area (Å²) in [6.07, 6.45) is 0. The number of carbonyl (C=O) groups is 1. The van der Waals surface area contributed by atoms with Crippen LogP contribution < -0.4 is 24.3 Å². The normalized spacial score (nSPS) is 10.3. The first-order chi connectivity index (χ1) is 12.9. The van der Waals surface area contributed by atoms with Crippen LogP contribution in [0.4, 0.5) is 0 Å². The van der Waals surface area contributed by atoms with Crippen molar-refractivity contribution in [2.24, 2.45) is 0 Å². The molecule has 2 rings (SSSR count). The second-order valence-electron chi connectivity index (χ2n) is 5.93. The third kappa shape index (κ3) is 5.07. The predicted octanol–water partition coefficient (Wildman–Crippen LogP) is 3.79. The van der Waals surface area contributed by atoms with E-state index in [4.69, 9.17) is 18.9 Å². The minimum Gasteiger partial charge on any atom is -0.493 e. The summed E-state index contributed by atoms with van der Waals surface area (Å²) in [5, 5.41) is 2.82. The fourth-order valence-electron chi connectivity index (χ4n) is 2.69. The average Bonchev–Trinajstić information content (AvgIpc) is 2.67. The first-order valence-corrected chi connectivity index (χ1v) is 9.14. The fourth-order valence-corrected chi connectivity index (χ4v) is 2.91. The fraction of sp³-hybridized carbons (Fsp3) is 0.350. The van der Waals surface area contributed by atoms with Crippen LogP contribution in [0, 0.1) is 13.8 Å². The molecular weight excluding hydrogens is 414 g/mol. The van der Waals surface area contributed by atoms with E-state index in [0.29, 0.717) is 23.0 Å². The summed E-state index contributed by atoms with van der Waals surface area (Å²) in [7, 11) is 4.64. The molecule has 0 radical (unpaired) electrons. The molecule has 2 aromatic carbocycles. The van der Waals surface area contributed by atoms with Crippen LogP contribution in [0.5, 0.6) is 23.0 Å². The van der Waals surface area contributed by atoms with Crippen LogP contribution in [0.3, 0.4) is 0 Å². The van der Waals surface area contributed by atoms with Gasteiger partial charge in [0.05, 0.1) is 21.3 Å². The molecule has 0 saturated carbocycles. The zero-order valence-electron chi connectivity index (χ0n) is 16.1. The molecule has 6 nitrogen and oxygen atoms in total. The Balaban J connectivity index is 2.00. The van der Waals surface area contributed by atoms with Crippen LogP contribution in [0.25, 0.3) is 0 Å². The first-order valence-electron chi connectivity index (χ1n) is 8.35. The van der Waals surface area contributed by atoms with Crippen molar-refractivity contribution in [1.29, 1.82) is 0 Å². The highest BCUT2D eigenvalue weighted by Crippen LogP contribution is 2.39. The highest BCUT2D eigenvalue weighted by Gasteiger charge is 2.16. The summed E-state index contributed by atoms with van der Waals surface area (Å²) in [5.41, 5.74) is 2.89. The van der Waals surface area contributed by atoms with Gasteiger partial charge in [-0.15, -0.1) is 0 Å². The molecule has 0 saturated heterocycles. The minimum atomic E-state index is -0.231. The van der Waals surface area contributed by atoms with Gasteiger partial charge in [0.1, 0.15) is 5.75 Å². The van der Waals surface area contributed by atoms with Gasteiger partial charge >= 0.3 is 0 Å². The highest BCUT2D eigenvalue weighted by atomic mass is 79.9. The molecule has 2 aromatic rings. The number of methoxy groups -OCH3 is 3. The number of aryl methyl sites for hydroxylation is 2. The lowest BCUT2D eigenvalue weighted by atomic mass is 10.1. The van der Waals surface area contributed by atoms with E-state index in [2.05, 4.69) is 21.2 Å². The average molecular weight is 438 g/mol. The quantitative estimate of drug-likeness (QED) is 0.680. The van der Waals surface area contributed by atoms with Crippen LogP contribution in [-0.4, -0.2) is 33.8 Å². The molecule has 146 valence electrons. The molecule has 0 aliphatic carbocycles. The van der Waals surface area contributed by atoms with Crippen molar-refractivity contribution in [3.05, 3.63) is 45.4 Å².